The Morgan fingerprint density at radius 1 is 1.22 bits per heavy atom. The molecule has 5 nitrogen and oxygen atoms in total. The third kappa shape index (κ3) is 2.79. The van der Waals surface area contributed by atoms with Crippen molar-refractivity contribution in [3.8, 4) is 0 Å². The van der Waals surface area contributed by atoms with E-state index in [1.165, 1.54) is 19.3 Å². The maximum absolute atomic E-state index is 4.34. The summed E-state index contributed by atoms with van der Waals surface area (Å²) in [7, 11) is 0. The Morgan fingerprint density at radius 2 is 2.11 bits per heavy atom. The first-order valence-corrected chi connectivity index (χ1v) is 6.90. The average molecular weight is 247 g/mol. The summed E-state index contributed by atoms with van der Waals surface area (Å²) >= 11 is 0. The van der Waals surface area contributed by atoms with E-state index in [1.54, 1.807) is 0 Å². The van der Waals surface area contributed by atoms with Crippen molar-refractivity contribution in [3.63, 3.8) is 0 Å². The van der Waals surface area contributed by atoms with Crippen LogP contribution in [0.4, 0.5) is 5.95 Å². The third-order valence-corrected chi connectivity index (χ3v) is 3.79. The second-order valence-corrected chi connectivity index (χ2v) is 5.19. The van der Waals surface area contributed by atoms with Gasteiger partial charge in [0.25, 0.3) is 0 Å². The molecule has 2 N–H and O–H groups in total. The number of hydrogen-bond donors (Lipinski definition) is 2. The standard InChI is InChI=1S/C13H21N5/c1-3-12(17-11-4-7-14-9-11)10-18(8-1)13-15-5-2-6-16-13/h2,5-6,11-12,14,17H,1,3-4,7-10H2. The fourth-order valence-corrected chi connectivity index (χ4v) is 2.88. The highest BCUT2D eigenvalue weighted by Crippen LogP contribution is 2.16. The van der Waals surface area contributed by atoms with Gasteiger partial charge in [0.2, 0.25) is 5.95 Å². The maximum Gasteiger partial charge on any atom is 0.225 e. The maximum atomic E-state index is 4.34. The molecule has 2 saturated heterocycles. The molecule has 0 radical (unpaired) electrons. The van der Waals surface area contributed by atoms with Crippen LogP contribution in [0.2, 0.25) is 0 Å². The lowest BCUT2D eigenvalue weighted by Crippen LogP contribution is -2.50. The van der Waals surface area contributed by atoms with E-state index >= 15 is 0 Å². The molecule has 3 heterocycles. The van der Waals surface area contributed by atoms with E-state index in [0.29, 0.717) is 12.1 Å². The molecule has 2 atom stereocenters. The molecule has 1 aromatic heterocycles. The molecule has 5 heteroatoms. The number of nitrogens with one attached hydrogen (secondary N) is 2. The van der Waals surface area contributed by atoms with Gasteiger partial charge in [-0.3, -0.25) is 0 Å². The number of aromatic nitrogens is 2. The second kappa shape index (κ2) is 5.63. The fraction of sp³-hybridized carbons (Fsp3) is 0.692. The van der Waals surface area contributed by atoms with Crippen LogP contribution < -0.4 is 15.5 Å². The Bertz CT molecular complexity index is 363. The van der Waals surface area contributed by atoms with Gasteiger partial charge in [0.05, 0.1) is 0 Å². The summed E-state index contributed by atoms with van der Waals surface area (Å²) < 4.78 is 0. The fourth-order valence-electron chi connectivity index (χ4n) is 2.88. The van der Waals surface area contributed by atoms with Gasteiger partial charge in [-0.25, -0.2) is 9.97 Å². The molecule has 98 valence electrons. The van der Waals surface area contributed by atoms with E-state index in [-0.39, 0.29) is 0 Å². The Hall–Kier alpha value is -1.20. The van der Waals surface area contributed by atoms with Gasteiger partial charge in [-0.2, -0.15) is 0 Å². The van der Waals surface area contributed by atoms with Crippen molar-refractivity contribution in [2.75, 3.05) is 31.1 Å². The summed E-state index contributed by atoms with van der Waals surface area (Å²) in [6.45, 7) is 4.36. The number of anilines is 1. The first kappa shape index (κ1) is 11.9. The van der Waals surface area contributed by atoms with Gasteiger partial charge in [0.1, 0.15) is 0 Å². The van der Waals surface area contributed by atoms with E-state index in [0.717, 1.165) is 32.1 Å². The number of nitrogens with zero attached hydrogens (tertiary/aromatic N) is 3. The summed E-state index contributed by atoms with van der Waals surface area (Å²) in [4.78, 5) is 11.0. The third-order valence-electron chi connectivity index (χ3n) is 3.79. The molecule has 3 rings (SSSR count). The Kier molecular flexibility index (Phi) is 3.71. The molecule has 0 saturated carbocycles. The van der Waals surface area contributed by atoms with Crippen LogP contribution in [0, 0.1) is 0 Å². The largest absolute Gasteiger partial charge is 0.339 e. The highest BCUT2D eigenvalue weighted by molar-refractivity contribution is 5.29. The number of hydrogen-bond acceptors (Lipinski definition) is 5. The highest BCUT2D eigenvalue weighted by atomic mass is 15.3. The van der Waals surface area contributed by atoms with Crippen LogP contribution >= 0.6 is 0 Å². The highest BCUT2D eigenvalue weighted by Gasteiger charge is 2.24. The normalized spacial score (nSPS) is 28.6. The molecular formula is C13H21N5. The molecule has 0 aliphatic carbocycles. The average Bonchev–Trinajstić information content (AvgIpc) is 2.93. The van der Waals surface area contributed by atoms with Crippen molar-refractivity contribution in [2.45, 2.75) is 31.3 Å². The van der Waals surface area contributed by atoms with Crippen LogP contribution in [0.3, 0.4) is 0 Å². The lowest BCUT2D eigenvalue weighted by atomic mass is 10.0. The first-order valence-electron chi connectivity index (χ1n) is 6.90. The van der Waals surface area contributed by atoms with E-state index in [9.17, 15) is 0 Å². The minimum atomic E-state index is 0.576. The molecule has 2 aliphatic rings. The zero-order valence-electron chi connectivity index (χ0n) is 10.7. The van der Waals surface area contributed by atoms with Gasteiger partial charge in [0.15, 0.2) is 0 Å². The zero-order valence-corrected chi connectivity index (χ0v) is 10.7. The van der Waals surface area contributed by atoms with Gasteiger partial charge in [-0.1, -0.05) is 0 Å². The molecule has 0 amide bonds. The molecule has 0 spiro atoms. The molecule has 2 unspecified atom stereocenters. The van der Waals surface area contributed by atoms with Crippen molar-refractivity contribution in [1.29, 1.82) is 0 Å². The van der Waals surface area contributed by atoms with Crippen LogP contribution in [0.5, 0.6) is 0 Å². The van der Waals surface area contributed by atoms with Crippen LogP contribution in [0.1, 0.15) is 19.3 Å². The first-order chi connectivity index (χ1) is 8.92. The number of rotatable bonds is 3. The van der Waals surface area contributed by atoms with Crippen molar-refractivity contribution < 1.29 is 0 Å². The molecule has 2 fully saturated rings. The van der Waals surface area contributed by atoms with Gasteiger partial charge in [-0.15, -0.1) is 0 Å². The van der Waals surface area contributed by atoms with Crippen LogP contribution in [-0.4, -0.2) is 48.2 Å². The van der Waals surface area contributed by atoms with Gasteiger partial charge < -0.3 is 15.5 Å². The Labute approximate surface area is 108 Å². The van der Waals surface area contributed by atoms with E-state index in [1.807, 2.05) is 18.5 Å². The molecule has 0 bridgehead atoms. The lowest BCUT2D eigenvalue weighted by Gasteiger charge is -2.34. The Balaban J connectivity index is 1.58. The van der Waals surface area contributed by atoms with Crippen molar-refractivity contribution in [1.82, 2.24) is 20.6 Å². The quantitative estimate of drug-likeness (QED) is 0.809. The van der Waals surface area contributed by atoms with Gasteiger partial charge >= 0.3 is 0 Å². The molecular weight excluding hydrogens is 226 g/mol. The molecule has 0 aromatic carbocycles. The predicted molar refractivity (Wildman–Crippen MR) is 71.7 cm³/mol. The van der Waals surface area contributed by atoms with Crippen molar-refractivity contribution in [3.05, 3.63) is 18.5 Å². The molecule has 18 heavy (non-hydrogen) atoms. The second-order valence-electron chi connectivity index (χ2n) is 5.19. The van der Waals surface area contributed by atoms with E-state index < -0.39 is 0 Å². The summed E-state index contributed by atoms with van der Waals surface area (Å²) in [6.07, 6.45) is 7.37. The summed E-state index contributed by atoms with van der Waals surface area (Å²) in [5.74, 6) is 0.869. The van der Waals surface area contributed by atoms with E-state index in [2.05, 4.69) is 25.5 Å². The summed E-state index contributed by atoms with van der Waals surface area (Å²) in [5, 5.41) is 7.16. The minimum absolute atomic E-state index is 0.576. The SMILES string of the molecule is c1cnc(N2CCCC(NC3CCNC3)C2)nc1. The molecule has 1 aromatic rings. The number of piperidine rings is 1. The van der Waals surface area contributed by atoms with Crippen molar-refractivity contribution in [2.24, 2.45) is 0 Å². The van der Waals surface area contributed by atoms with Gasteiger partial charge in [-0.05, 0) is 31.9 Å². The van der Waals surface area contributed by atoms with Crippen LogP contribution in [0.15, 0.2) is 18.5 Å². The predicted octanol–water partition coefficient (Wildman–Crippen LogP) is 0.397. The summed E-state index contributed by atoms with van der Waals surface area (Å²) in [6, 6.07) is 3.09. The molecule has 2 aliphatic heterocycles. The smallest absolute Gasteiger partial charge is 0.225 e. The van der Waals surface area contributed by atoms with Crippen LogP contribution in [0.25, 0.3) is 0 Å². The van der Waals surface area contributed by atoms with Crippen LogP contribution in [-0.2, 0) is 0 Å². The summed E-state index contributed by atoms with van der Waals surface area (Å²) in [5.41, 5.74) is 0. The van der Waals surface area contributed by atoms with Crippen molar-refractivity contribution >= 4 is 5.95 Å². The van der Waals surface area contributed by atoms with E-state index in [4.69, 9.17) is 0 Å². The van der Waals surface area contributed by atoms with Gasteiger partial charge in [0, 0.05) is 44.1 Å². The Morgan fingerprint density at radius 3 is 2.89 bits per heavy atom. The monoisotopic (exact) mass is 247 g/mol. The minimum Gasteiger partial charge on any atom is -0.339 e. The topological polar surface area (TPSA) is 53.1 Å². The lowest BCUT2D eigenvalue weighted by molar-refractivity contribution is 0.380. The zero-order chi connectivity index (χ0) is 12.2.